The van der Waals surface area contributed by atoms with Crippen LogP contribution in [0.1, 0.15) is 20.8 Å². The molecule has 1 N–H and O–H groups in total. The number of hydrogen-bond donors (Lipinski definition) is 1. The van der Waals surface area contributed by atoms with E-state index in [-0.39, 0.29) is 22.1 Å². The number of methoxy groups -OCH3 is 2. The highest BCUT2D eigenvalue weighted by molar-refractivity contribution is 6.34. The van der Waals surface area contributed by atoms with Crippen LogP contribution in [0.4, 0.5) is 11.4 Å². The molecule has 11 heteroatoms. The third kappa shape index (κ3) is 6.72. The predicted molar refractivity (Wildman–Crippen MR) is 126 cm³/mol. The average molecular weight is 498 g/mol. The first-order chi connectivity index (χ1) is 15.7. The fourth-order valence-corrected chi connectivity index (χ4v) is 3.20. The second kappa shape index (κ2) is 12.3. The lowest BCUT2D eigenvalue weighted by Gasteiger charge is -2.16. The molecule has 2 aromatic carbocycles. The van der Waals surface area contributed by atoms with E-state index < -0.39 is 17.7 Å². The van der Waals surface area contributed by atoms with Gasteiger partial charge in [0.15, 0.2) is 28.8 Å². The number of nitrogens with one attached hydrogen (secondary N) is 1. The van der Waals surface area contributed by atoms with E-state index in [9.17, 15) is 9.59 Å². The van der Waals surface area contributed by atoms with Crippen molar-refractivity contribution >= 4 is 46.3 Å². The van der Waals surface area contributed by atoms with Gasteiger partial charge in [0.1, 0.15) is 5.69 Å². The minimum Gasteiger partial charge on any atom is -0.493 e. The number of azo groups is 1. The van der Waals surface area contributed by atoms with Gasteiger partial charge in [0.2, 0.25) is 6.04 Å². The van der Waals surface area contributed by atoms with Crippen LogP contribution in [0.15, 0.2) is 34.5 Å². The summed E-state index contributed by atoms with van der Waals surface area (Å²) in [5, 5.41) is 11.0. The molecule has 0 aromatic heterocycles. The van der Waals surface area contributed by atoms with Crippen molar-refractivity contribution in [3.05, 3.63) is 34.3 Å². The highest BCUT2D eigenvalue weighted by atomic mass is 35.5. The molecule has 1 unspecified atom stereocenters. The molecule has 0 bridgehead atoms. The minimum atomic E-state index is -1.45. The lowest BCUT2D eigenvalue weighted by molar-refractivity contribution is -0.126. The molecule has 0 aliphatic carbocycles. The van der Waals surface area contributed by atoms with Gasteiger partial charge in [0.25, 0.3) is 5.91 Å². The van der Waals surface area contributed by atoms with Gasteiger partial charge < -0.3 is 24.3 Å². The molecule has 0 saturated carbocycles. The van der Waals surface area contributed by atoms with Crippen LogP contribution in [-0.2, 0) is 9.59 Å². The molecule has 33 heavy (non-hydrogen) atoms. The van der Waals surface area contributed by atoms with Gasteiger partial charge in [0.05, 0.1) is 38.1 Å². The van der Waals surface area contributed by atoms with Gasteiger partial charge in [-0.05, 0) is 26.8 Å². The number of ketones is 1. The average Bonchev–Trinajstić information content (AvgIpc) is 2.76. The summed E-state index contributed by atoms with van der Waals surface area (Å²) in [6, 6.07) is 4.61. The van der Waals surface area contributed by atoms with Crippen molar-refractivity contribution in [2.45, 2.75) is 26.8 Å². The number of nitrogens with zero attached hydrogens (tertiary/aromatic N) is 2. The second-order valence-corrected chi connectivity index (χ2v) is 7.37. The first kappa shape index (κ1) is 26.2. The number of amides is 1. The monoisotopic (exact) mass is 497 g/mol. The summed E-state index contributed by atoms with van der Waals surface area (Å²) in [5.74, 6) is 0.156. The number of Topliss-reactive ketones (excluding diaryl/α,β-unsaturated/α-hetero) is 1. The largest absolute Gasteiger partial charge is 0.493 e. The Morgan fingerprint density at radius 2 is 1.61 bits per heavy atom. The Hall–Kier alpha value is -3.04. The van der Waals surface area contributed by atoms with Crippen LogP contribution in [0.5, 0.6) is 23.0 Å². The molecule has 2 aromatic rings. The quantitative estimate of drug-likeness (QED) is 0.324. The predicted octanol–water partition coefficient (Wildman–Crippen LogP) is 5.49. The maximum Gasteiger partial charge on any atom is 0.258 e. The van der Waals surface area contributed by atoms with Crippen molar-refractivity contribution in [3.8, 4) is 23.0 Å². The number of carbonyl (C=O) groups is 2. The fourth-order valence-electron chi connectivity index (χ4n) is 2.79. The van der Waals surface area contributed by atoms with Crippen LogP contribution in [0, 0.1) is 0 Å². The van der Waals surface area contributed by atoms with Gasteiger partial charge in [-0.1, -0.05) is 23.2 Å². The van der Waals surface area contributed by atoms with Gasteiger partial charge in [0, 0.05) is 23.2 Å². The zero-order valence-corrected chi connectivity index (χ0v) is 20.4. The lowest BCUT2D eigenvalue weighted by Crippen LogP contribution is -2.32. The number of benzene rings is 2. The summed E-state index contributed by atoms with van der Waals surface area (Å²) in [6.45, 7) is 5.65. The number of ether oxygens (including phenoxy) is 4. The molecule has 0 radical (unpaired) electrons. The van der Waals surface area contributed by atoms with Crippen molar-refractivity contribution < 1.29 is 28.5 Å². The summed E-state index contributed by atoms with van der Waals surface area (Å²) in [7, 11) is 2.86. The molecule has 1 atom stereocenters. The number of rotatable bonds is 11. The van der Waals surface area contributed by atoms with Crippen LogP contribution in [0.2, 0.25) is 10.0 Å². The third-order valence-electron chi connectivity index (χ3n) is 4.23. The highest BCUT2D eigenvalue weighted by Crippen LogP contribution is 2.40. The Balaban J connectivity index is 2.35. The van der Waals surface area contributed by atoms with Crippen molar-refractivity contribution in [2.24, 2.45) is 10.2 Å². The standard InChI is InChI=1S/C22H25Cl2N3O6/c1-6-32-17-10-14(24)15(11-18(17)33-7-2)25-22(29)20(12(3)28)27-26-16-8-13(23)9-19(30-4)21(16)31-5/h8-11,20H,6-7H2,1-5H3,(H,25,29). The normalized spacial score (nSPS) is 11.7. The maximum atomic E-state index is 12.9. The number of anilines is 1. The Bertz CT molecular complexity index is 1050. The Labute approximate surface area is 202 Å². The second-order valence-electron chi connectivity index (χ2n) is 6.52. The van der Waals surface area contributed by atoms with Gasteiger partial charge in [-0.3, -0.25) is 9.59 Å². The highest BCUT2D eigenvalue weighted by Gasteiger charge is 2.25. The summed E-state index contributed by atoms with van der Waals surface area (Å²) in [4.78, 5) is 25.0. The molecule has 0 saturated heterocycles. The Morgan fingerprint density at radius 3 is 2.15 bits per heavy atom. The van der Waals surface area contributed by atoms with Gasteiger partial charge >= 0.3 is 0 Å². The molecule has 0 spiro atoms. The molecular weight excluding hydrogens is 473 g/mol. The summed E-state index contributed by atoms with van der Waals surface area (Å²) in [5.41, 5.74) is 0.427. The lowest BCUT2D eigenvalue weighted by atomic mass is 10.2. The van der Waals surface area contributed by atoms with Gasteiger partial charge in [-0.15, -0.1) is 0 Å². The van der Waals surface area contributed by atoms with E-state index in [1.807, 2.05) is 13.8 Å². The van der Waals surface area contributed by atoms with E-state index in [2.05, 4.69) is 15.5 Å². The number of carbonyl (C=O) groups excluding carboxylic acids is 2. The number of halogens is 2. The summed E-state index contributed by atoms with van der Waals surface area (Å²) >= 11 is 12.4. The van der Waals surface area contributed by atoms with Crippen molar-refractivity contribution in [2.75, 3.05) is 32.8 Å². The molecular formula is C22H25Cl2N3O6. The van der Waals surface area contributed by atoms with E-state index >= 15 is 0 Å². The minimum absolute atomic E-state index is 0.193. The molecule has 178 valence electrons. The zero-order valence-electron chi connectivity index (χ0n) is 18.9. The molecule has 9 nitrogen and oxygen atoms in total. The van der Waals surface area contributed by atoms with Crippen molar-refractivity contribution in [3.63, 3.8) is 0 Å². The molecule has 0 aliphatic rings. The molecule has 2 rings (SSSR count). The summed E-state index contributed by atoms with van der Waals surface area (Å²) < 4.78 is 21.6. The molecule has 0 aliphatic heterocycles. The Morgan fingerprint density at radius 1 is 0.970 bits per heavy atom. The van der Waals surface area contributed by atoms with Crippen LogP contribution in [-0.4, -0.2) is 45.2 Å². The fraction of sp³-hybridized carbons (Fsp3) is 0.364. The molecule has 0 heterocycles. The van der Waals surface area contributed by atoms with E-state index in [0.717, 1.165) is 0 Å². The van der Waals surface area contributed by atoms with E-state index in [1.165, 1.54) is 39.3 Å². The van der Waals surface area contributed by atoms with Crippen LogP contribution < -0.4 is 24.3 Å². The smallest absolute Gasteiger partial charge is 0.258 e. The SMILES string of the molecule is CCOc1cc(Cl)c(NC(=O)C(N=Nc2cc(Cl)cc(OC)c2OC)C(C)=O)cc1OCC. The zero-order chi connectivity index (χ0) is 24.5. The van der Waals surface area contributed by atoms with Crippen molar-refractivity contribution in [1.29, 1.82) is 0 Å². The van der Waals surface area contributed by atoms with E-state index in [4.69, 9.17) is 42.1 Å². The van der Waals surface area contributed by atoms with Crippen LogP contribution in [0.3, 0.4) is 0 Å². The van der Waals surface area contributed by atoms with Gasteiger partial charge in [-0.25, -0.2) is 0 Å². The van der Waals surface area contributed by atoms with Gasteiger partial charge in [-0.2, -0.15) is 10.2 Å². The Kier molecular flexibility index (Phi) is 9.74. The van der Waals surface area contributed by atoms with E-state index in [0.29, 0.717) is 35.5 Å². The van der Waals surface area contributed by atoms with Crippen LogP contribution >= 0.6 is 23.2 Å². The third-order valence-corrected chi connectivity index (χ3v) is 4.76. The first-order valence-electron chi connectivity index (χ1n) is 9.98. The summed E-state index contributed by atoms with van der Waals surface area (Å²) in [6.07, 6.45) is 0. The first-order valence-corrected chi connectivity index (χ1v) is 10.7. The number of hydrogen-bond acceptors (Lipinski definition) is 8. The maximum absolute atomic E-state index is 12.9. The topological polar surface area (TPSA) is 108 Å². The molecule has 1 amide bonds. The van der Waals surface area contributed by atoms with Crippen LogP contribution in [0.25, 0.3) is 0 Å². The molecule has 0 fully saturated rings. The van der Waals surface area contributed by atoms with E-state index in [1.54, 1.807) is 6.07 Å². The van der Waals surface area contributed by atoms with Crippen molar-refractivity contribution in [1.82, 2.24) is 0 Å².